The van der Waals surface area contributed by atoms with Gasteiger partial charge in [0.25, 0.3) is 0 Å². The van der Waals surface area contributed by atoms with Gasteiger partial charge in [0.05, 0.1) is 0 Å². The van der Waals surface area contributed by atoms with Crippen molar-refractivity contribution in [1.82, 2.24) is 0 Å². The second-order valence-electron chi connectivity index (χ2n) is 20.2. The Morgan fingerprint density at radius 1 is 0.145 bits per heavy atom. The second-order valence-corrected chi connectivity index (χ2v) is 20.2. The topological polar surface area (TPSA) is 0 Å². The van der Waals surface area contributed by atoms with Crippen LogP contribution in [0.25, 0.3) is 153 Å². The molecular formula is C76H48. The summed E-state index contributed by atoms with van der Waals surface area (Å²) in [5, 5.41) is 23.3. The monoisotopic (exact) mass is 960 g/mol. The maximum absolute atomic E-state index is 2.42. The Morgan fingerprint density at radius 2 is 0.513 bits per heavy atom. The van der Waals surface area contributed by atoms with E-state index in [4.69, 9.17) is 0 Å². The second kappa shape index (κ2) is 18.0. The lowest BCUT2D eigenvalue weighted by molar-refractivity contribution is 1.63. The Labute approximate surface area is 441 Å². The largest absolute Gasteiger partial charge is 0.0622 e. The van der Waals surface area contributed by atoms with Gasteiger partial charge < -0.3 is 0 Å². The minimum atomic E-state index is 1.24. The number of benzene rings is 16. The number of hydrogen-bond acceptors (Lipinski definition) is 0. The van der Waals surface area contributed by atoms with Crippen molar-refractivity contribution < 1.29 is 0 Å². The van der Waals surface area contributed by atoms with Crippen LogP contribution in [0.5, 0.6) is 0 Å². The van der Waals surface area contributed by atoms with E-state index in [1.165, 1.54) is 153 Å². The van der Waals surface area contributed by atoms with Crippen molar-refractivity contribution in [2.45, 2.75) is 0 Å². The summed E-state index contributed by atoms with van der Waals surface area (Å²) in [7, 11) is 0. The van der Waals surface area contributed by atoms with E-state index in [1.807, 2.05) is 0 Å². The molecule has 16 aromatic carbocycles. The Kier molecular flexibility index (Phi) is 10.3. The van der Waals surface area contributed by atoms with Crippen LogP contribution >= 0.6 is 0 Å². The van der Waals surface area contributed by atoms with Crippen LogP contribution in [0, 0.1) is 0 Å². The molecule has 0 bridgehead atoms. The third-order valence-corrected chi connectivity index (χ3v) is 16.0. The summed E-state index contributed by atoms with van der Waals surface area (Å²) in [6.45, 7) is 0. The molecule has 0 atom stereocenters. The molecule has 0 spiro atoms. The van der Waals surface area contributed by atoms with Gasteiger partial charge in [0.15, 0.2) is 0 Å². The molecule has 0 saturated heterocycles. The van der Waals surface area contributed by atoms with E-state index in [0.29, 0.717) is 0 Å². The molecule has 76 heavy (non-hydrogen) atoms. The molecule has 0 radical (unpaired) electrons. The first kappa shape index (κ1) is 43.7. The van der Waals surface area contributed by atoms with E-state index in [0.717, 1.165) is 0 Å². The van der Waals surface area contributed by atoms with E-state index < -0.39 is 0 Å². The van der Waals surface area contributed by atoms with Gasteiger partial charge in [0.1, 0.15) is 0 Å². The van der Waals surface area contributed by atoms with Crippen molar-refractivity contribution in [3.05, 3.63) is 291 Å². The average Bonchev–Trinajstić information content (AvgIpc) is 3.59. The van der Waals surface area contributed by atoms with Crippen LogP contribution in [-0.2, 0) is 0 Å². The first-order valence-corrected chi connectivity index (χ1v) is 26.4. The Balaban J connectivity index is 0.000000134. The predicted molar refractivity (Wildman–Crippen MR) is 329 cm³/mol. The molecule has 0 N–H and O–H groups in total. The van der Waals surface area contributed by atoms with Gasteiger partial charge in [0.2, 0.25) is 0 Å². The highest BCUT2D eigenvalue weighted by Gasteiger charge is 2.21. The van der Waals surface area contributed by atoms with Gasteiger partial charge >= 0.3 is 0 Å². The summed E-state index contributed by atoms with van der Waals surface area (Å²) in [5.74, 6) is 0. The maximum atomic E-state index is 2.42. The van der Waals surface area contributed by atoms with Crippen LogP contribution in [0.3, 0.4) is 0 Å². The van der Waals surface area contributed by atoms with Gasteiger partial charge in [0, 0.05) is 0 Å². The minimum Gasteiger partial charge on any atom is -0.0622 e. The van der Waals surface area contributed by atoms with Gasteiger partial charge in [-0.05, 0) is 165 Å². The maximum Gasteiger partial charge on any atom is -0.00199 e. The third-order valence-electron chi connectivity index (χ3n) is 16.0. The fourth-order valence-electron chi connectivity index (χ4n) is 12.7. The molecule has 16 aromatic rings. The predicted octanol–water partition coefficient (Wildman–Crippen LogP) is 21.5. The summed E-state index contributed by atoms with van der Waals surface area (Å²) in [6.07, 6.45) is 0. The molecule has 0 aliphatic carbocycles. The third kappa shape index (κ3) is 7.07. The molecule has 352 valence electrons. The first-order valence-electron chi connectivity index (χ1n) is 26.4. The average molecular weight is 961 g/mol. The Hall–Kier alpha value is -9.88. The summed E-state index contributed by atoms with van der Waals surface area (Å²) in [6, 6.07) is 107. The molecule has 0 aliphatic rings. The number of rotatable bonds is 5. The fourth-order valence-corrected chi connectivity index (χ4v) is 12.7. The zero-order chi connectivity index (χ0) is 50.1. The summed E-state index contributed by atoms with van der Waals surface area (Å²) in [4.78, 5) is 0. The Bertz CT molecular complexity index is 4790. The van der Waals surface area contributed by atoms with Crippen LogP contribution in [-0.4, -0.2) is 0 Å². The van der Waals surface area contributed by atoms with Crippen LogP contribution in [0.15, 0.2) is 291 Å². The van der Waals surface area contributed by atoms with E-state index >= 15 is 0 Å². The highest BCUT2D eigenvalue weighted by atomic mass is 14.2. The molecule has 0 saturated carbocycles. The van der Waals surface area contributed by atoms with Crippen LogP contribution < -0.4 is 0 Å². The highest BCUT2D eigenvalue weighted by molar-refractivity contribution is 6.30. The molecule has 0 aromatic heterocycles. The van der Waals surface area contributed by atoms with Crippen molar-refractivity contribution >= 4 is 97.0 Å². The summed E-state index contributed by atoms with van der Waals surface area (Å²) in [5.41, 5.74) is 12.8. The summed E-state index contributed by atoms with van der Waals surface area (Å²) >= 11 is 0. The highest BCUT2D eigenvalue weighted by Crippen LogP contribution is 2.49. The quantitative estimate of drug-likeness (QED) is 0.119. The zero-order valence-corrected chi connectivity index (χ0v) is 41.7. The standard InChI is InChI=1S/C40H24.C36H24/c1-2-10-28-23-30(22-19-25(28)9-1)38-31-14-3-5-16-33(31)40(34-17-6-4-15-32(34)38)36-24-29-13-7-11-26-20-21-27-12-8-18-35(36)39(27)37(26)29;1-2-12-27(13-3-1)35-31-16-6-8-18-33(31)36(34-19-9-7-17-32(34)35)28-23-21-26(22-24-28)30-20-10-14-25-11-4-5-15-29(25)30/h1-24H;1-24H. The molecule has 16 rings (SSSR count). The van der Waals surface area contributed by atoms with Crippen LogP contribution in [0.1, 0.15) is 0 Å². The van der Waals surface area contributed by atoms with Crippen LogP contribution in [0.4, 0.5) is 0 Å². The molecule has 0 unspecified atom stereocenters. The normalized spacial score (nSPS) is 11.7. The van der Waals surface area contributed by atoms with E-state index in [1.54, 1.807) is 0 Å². The van der Waals surface area contributed by atoms with E-state index in [2.05, 4.69) is 291 Å². The molecule has 0 heteroatoms. The molecule has 0 heterocycles. The minimum absolute atomic E-state index is 1.24. The number of hydrogen-bond donors (Lipinski definition) is 0. The molecule has 0 fully saturated rings. The van der Waals surface area contributed by atoms with Gasteiger partial charge in [-0.15, -0.1) is 0 Å². The molecular weight excluding hydrogens is 913 g/mol. The van der Waals surface area contributed by atoms with Crippen molar-refractivity contribution in [2.24, 2.45) is 0 Å². The van der Waals surface area contributed by atoms with Gasteiger partial charge in [-0.25, -0.2) is 0 Å². The van der Waals surface area contributed by atoms with E-state index in [-0.39, 0.29) is 0 Å². The first-order chi connectivity index (χ1) is 37.7. The van der Waals surface area contributed by atoms with Crippen LogP contribution in [0.2, 0.25) is 0 Å². The Morgan fingerprint density at radius 3 is 1.12 bits per heavy atom. The summed E-state index contributed by atoms with van der Waals surface area (Å²) < 4.78 is 0. The molecule has 0 amide bonds. The van der Waals surface area contributed by atoms with Crippen molar-refractivity contribution in [2.75, 3.05) is 0 Å². The lowest BCUT2D eigenvalue weighted by Crippen LogP contribution is -1.93. The molecule has 0 aliphatic heterocycles. The number of fused-ring (bicyclic) bond motifs is 6. The van der Waals surface area contributed by atoms with Crippen molar-refractivity contribution in [1.29, 1.82) is 0 Å². The van der Waals surface area contributed by atoms with Crippen molar-refractivity contribution in [3.63, 3.8) is 0 Å². The lowest BCUT2D eigenvalue weighted by atomic mass is 9.82. The lowest BCUT2D eigenvalue weighted by Gasteiger charge is -2.20. The SMILES string of the molecule is c1ccc(-c2c3ccccc3c(-c3ccc(-c4cccc5ccccc45)cc3)c3ccccc23)cc1.c1ccc2cc(-c3c4ccccc4c(-c4cc5cccc6ccc7cccc4c7c65)c4ccccc34)ccc2c1. The van der Waals surface area contributed by atoms with Gasteiger partial charge in [-0.1, -0.05) is 279 Å². The fraction of sp³-hybridized carbons (Fsp3) is 0. The van der Waals surface area contributed by atoms with Gasteiger partial charge in [-0.2, -0.15) is 0 Å². The van der Waals surface area contributed by atoms with Gasteiger partial charge in [-0.3, -0.25) is 0 Å². The van der Waals surface area contributed by atoms with E-state index in [9.17, 15) is 0 Å². The zero-order valence-electron chi connectivity index (χ0n) is 41.7. The van der Waals surface area contributed by atoms with Crippen molar-refractivity contribution in [3.8, 4) is 55.6 Å². The smallest absolute Gasteiger partial charge is 0.00199 e. The molecule has 0 nitrogen and oxygen atoms in total.